The van der Waals surface area contributed by atoms with Crippen molar-refractivity contribution in [2.45, 2.75) is 38.8 Å². The minimum absolute atomic E-state index is 0.159. The Kier molecular flexibility index (Phi) is 2.63. The van der Waals surface area contributed by atoms with Gasteiger partial charge in [-0.25, -0.2) is 4.79 Å². The van der Waals surface area contributed by atoms with Crippen LogP contribution in [0.3, 0.4) is 0 Å². The van der Waals surface area contributed by atoms with Gasteiger partial charge in [0, 0.05) is 31.6 Å². The maximum absolute atomic E-state index is 11.8. The number of ether oxygens (including phenoxy) is 1. The number of nitrogens with zero attached hydrogens (tertiary/aromatic N) is 1. The van der Waals surface area contributed by atoms with E-state index in [1.807, 2.05) is 25.7 Å². The average Bonchev–Trinajstić information content (AvgIpc) is 2.04. The van der Waals surface area contributed by atoms with E-state index in [0.717, 1.165) is 26.1 Å². The van der Waals surface area contributed by atoms with Gasteiger partial charge in [0.25, 0.3) is 0 Å². The lowest BCUT2D eigenvalue weighted by Gasteiger charge is -2.46. The number of amides is 1. The molecule has 0 aromatic rings. The van der Waals surface area contributed by atoms with Gasteiger partial charge in [0.1, 0.15) is 5.60 Å². The van der Waals surface area contributed by atoms with E-state index < -0.39 is 0 Å². The third-order valence-electron chi connectivity index (χ3n) is 3.03. The Balaban J connectivity index is 1.86. The molecule has 1 amide bonds. The first-order valence-electron chi connectivity index (χ1n) is 5.67. The van der Waals surface area contributed by atoms with Crippen molar-refractivity contribution >= 4 is 6.09 Å². The van der Waals surface area contributed by atoms with Gasteiger partial charge in [-0.3, -0.25) is 0 Å². The molecule has 0 aromatic carbocycles. The van der Waals surface area contributed by atoms with Gasteiger partial charge in [0.15, 0.2) is 0 Å². The van der Waals surface area contributed by atoms with Crippen molar-refractivity contribution in [3.8, 4) is 0 Å². The molecule has 2 heterocycles. The second kappa shape index (κ2) is 3.67. The standard InChI is InChI=1S/C11H20N2O2/c1-11(2,3)15-10(14)13-5-4-9-8(7-13)6-12-9/h8-9,12H,4-7H2,1-3H3/t8-,9+/m0/s1. The lowest BCUT2D eigenvalue weighted by atomic mass is 9.85. The zero-order valence-corrected chi connectivity index (χ0v) is 9.75. The fraction of sp³-hybridized carbons (Fsp3) is 0.909. The smallest absolute Gasteiger partial charge is 0.410 e. The van der Waals surface area contributed by atoms with Gasteiger partial charge in [-0.1, -0.05) is 0 Å². The normalized spacial score (nSPS) is 30.5. The molecule has 0 radical (unpaired) electrons. The second-order valence-electron chi connectivity index (χ2n) is 5.49. The largest absolute Gasteiger partial charge is 0.444 e. The van der Waals surface area contributed by atoms with E-state index in [4.69, 9.17) is 4.74 Å². The number of hydrogen-bond acceptors (Lipinski definition) is 3. The molecule has 2 saturated heterocycles. The van der Waals surface area contributed by atoms with Crippen LogP contribution in [-0.4, -0.2) is 42.3 Å². The second-order valence-corrected chi connectivity index (χ2v) is 5.49. The molecule has 0 aliphatic carbocycles. The Morgan fingerprint density at radius 3 is 2.67 bits per heavy atom. The summed E-state index contributed by atoms with van der Waals surface area (Å²) < 4.78 is 5.35. The monoisotopic (exact) mass is 212 g/mol. The van der Waals surface area contributed by atoms with Gasteiger partial charge < -0.3 is 15.0 Å². The molecule has 2 atom stereocenters. The molecule has 4 nitrogen and oxygen atoms in total. The van der Waals surface area contributed by atoms with E-state index in [1.165, 1.54) is 0 Å². The van der Waals surface area contributed by atoms with E-state index in [1.54, 1.807) is 0 Å². The first-order valence-corrected chi connectivity index (χ1v) is 5.67. The average molecular weight is 212 g/mol. The van der Waals surface area contributed by atoms with Gasteiger partial charge in [-0.2, -0.15) is 0 Å². The van der Waals surface area contributed by atoms with Crippen LogP contribution in [0.2, 0.25) is 0 Å². The van der Waals surface area contributed by atoms with Gasteiger partial charge in [-0.15, -0.1) is 0 Å². The van der Waals surface area contributed by atoms with E-state index in [2.05, 4.69) is 5.32 Å². The first-order chi connectivity index (χ1) is 6.96. The molecular weight excluding hydrogens is 192 g/mol. The molecule has 0 spiro atoms. The molecule has 4 heteroatoms. The van der Waals surface area contributed by atoms with Crippen molar-refractivity contribution < 1.29 is 9.53 Å². The van der Waals surface area contributed by atoms with Gasteiger partial charge in [-0.05, 0) is 27.2 Å². The number of piperidine rings is 1. The Morgan fingerprint density at radius 1 is 1.47 bits per heavy atom. The summed E-state index contributed by atoms with van der Waals surface area (Å²) in [7, 11) is 0. The van der Waals surface area contributed by atoms with Crippen LogP contribution in [0.4, 0.5) is 4.79 Å². The maximum Gasteiger partial charge on any atom is 0.410 e. The molecule has 2 aliphatic rings. The molecule has 2 rings (SSSR count). The van der Waals surface area contributed by atoms with Crippen molar-refractivity contribution in [2.75, 3.05) is 19.6 Å². The molecule has 86 valence electrons. The predicted molar refractivity (Wildman–Crippen MR) is 57.7 cm³/mol. The van der Waals surface area contributed by atoms with Gasteiger partial charge in [0.05, 0.1) is 0 Å². The van der Waals surface area contributed by atoms with Crippen molar-refractivity contribution in [3.63, 3.8) is 0 Å². The predicted octanol–water partition coefficient (Wildman–Crippen LogP) is 1.22. The van der Waals surface area contributed by atoms with Crippen LogP contribution in [0.1, 0.15) is 27.2 Å². The SMILES string of the molecule is CC(C)(C)OC(=O)N1CC[C@H]2NC[C@H]2C1. The highest BCUT2D eigenvalue weighted by Gasteiger charge is 2.38. The fourth-order valence-corrected chi connectivity index (χ4v) is 2.14. The van der Waals surface area contributed by atoms with Crippen molar-refractivity contribution in [1.82, 2.24) is 10.2 Å². The van der Waals surface area contributed by atoms with E-state index >= 15 is 0 Å². The zero-order chi connectivity index (χ0) is 11.1. The van der Waals surface area contributed by atoms with Crippen LogP contribution < -0.4 is 5.32 Å². The minimum atomic E-state index is -0.383. The molecule has 0 saturated carbocycles. The van der Waals surface area contributed by atoms with Crippen LogP contribution in [-0.2, 0) is 4.74 Å². The Labute approximate surface area is 91.0 Å². The number of rotatable bonds is 0. The number of hydrogen-bond donors (Lipinski definition) is 1. The molecule has 0 bridgehead atoms. The highest BCUT2D eigenvalue weighted by Crippen LogP contribution is 2.24. The molecule has 2 aliphatic heterocycles. The van der Waals surface area contributed by atoms with Crippen molar-refractivity contribution in [2.24, 2.45) is 5.92 Å². The first kappa shape index (κ1) is 10.7. The Hall–Kier alpha value is -0.770. The molecule has 0 aromatic heterocycles. The number of carbonyl (C=O) groups is 1. The molecular formula is C11H20N2O2. The molecule has 1 N–H and O–H groups in total. The van der Waals surface area contributed by atoms with Gasteiger partial charge >= 0.3 is 6.09 Å². The maximum atomic E-state index is 11.8. The summed E-state index contributed by atoms with van der Waals surface area (Å²) in [5, 5.41) is 3.38. The fourth-order valence-electron chi connectivity index (χ4n) is 2.14. The Bertz CT molecular complexity index is 260. The number of carbonyl (C=O) groups excluding carboxylic acids is 1. The van der Waals surface area contributed by atoms with Crippen LogP contribution in [0.15, 0.2) is 0 Å². The summed E-state index contributed by atoms with van der Waals surface area (Å²) in [4.78, 5) is 13.6. The lowest BCUT2D eigenvalue weighted by Crippen LogP contribution is -2.62. The minimum Gasteiger partial charge on any atom is -0.444 e. The van der Waals surface area contributed by atoms with E-state index in [9.17, 15) is 4.79 Å². The summed E-state index contributed by atoms with van der Waals surface area (Å²) in [6, 6.07) is 0.642. The third-order valence-corrected chi connectivity index (χ3v) is 3.03. The molecule has 15 heavy (non-hydrogen) atoms. The van der Waals surface area contributed by atoms with Crippen LogP contribution >= 0.6 is 0 Å². The van der Waals surface area contributed by atoms with Gasteiger partial charge in [0.2, 0.25) is 0 Å². The summed E-state index contributed by atoms with van der Waals surface area (Å²) >= 11 is 0. The van der Waals surface area contributed by atoms with Crippen LogP contribution in [0, 0.1) is 5.92 Å². The molecule has 0 unspecified atom stereocenters. The number of nitrogens with one attached hydrogen (secondary N) is 1. The number of likely N-dealkylation sites (tertiary alicyclic amines) is 1. The Morgan fingerprint density at radius 2 is 2.20 bits per heavy atom. The summed E-state index contributed by atoms with van der Waals surface area (Å²) in [6.07, 6.45) is 0.900. The van der Waals surface area contributed by atoms with Crippen molar-refractivity contribution in [3.05, 3.63) is 0 Å². The highest BCUT2D eigenvalue weighted by atomic mass is 16.6. The third kappa shape index (κ3) is 2.43. The zero-order valence-electron chi connectivity index (χ0n) is 9.75. The molecule has 2 fully saturated rings. The lowest BCUT2D eigenvalue weighted by molar-refractivity contribution is 0.00493. The van der Waals surface area contributed by atoms with Crippen LogP contribution in [0.5, 0.6) is 0 Å². The van der Waals surface area contributed by atoms with E-state index in [-0.39, 0.29) is 11.7 Å². The summed E-state index contributed by atoms with van der Waals surface area (Å²) in [5.41, 5.74) is -0.383. The topological polar surface area (TPSA) is 41.6 Å². The van der Waals surface area contributed by atoms with Crippen molar-refractivity contribution in [1.29, 1.82) is 0 Å². The number of fused-ring (bicyclic) bond motifs is 1. The quantitative estimate of drug-likeness (QED) is 0.656. The summed E-state index contributed by atoms with van der Waals surface area (Å²) in [5.74, 6) is 0.645. The van der Waals surface area contributed by atoms with E-state index in [0.29, 0.717) is 12.0 Å². The summed E-state index contributed by atoms with van der Waals surface area (Å²) in [6.45, 7) is 8.44. The van der Waals surface area contributed by atoms with Crippen LogP contribution in [0.25, 0.3) is 0 Å². The highest BCUT2D eigenvalue weighted by molar-refractivity contribution is 5.68.